The number of carbonyl (C=O) groups excluding carboxylic acids is 1. The molecule has 0 fully saturated rings. The largest absolute Gasteiger partial charge is 0.495 e. The van der Waals surface area contributed by atoms with Crippen LogP contribution in [0.5, 0.6) is 5.75 Å². The number of aromatic nitrogens is 2. The van der Waals surface area contributed by atoms with Crippen molar-refractivity contribution in [2.24, 2.45) is 0 Å². The van der Waals surface area contributed by atoms with Crippen LogP contribution in [0.4, 0.5) is 17.3 Å². The minimum Gasteiger partial charge on any atom is -0.495 e. The summed E-state index contributed by atoms with van der Waals surface area (Å²) in [5, 5.41) is 3.41. The Morgan fingerprint density at radius 2 is 1.96 bits per heavy atom. The van der Waals surface area contributed by atoms with E-state index in [0.29, 0.717) is 28.0 Å². The van der Waals surface area contributed by atoms with E-state index in [9.17, 15) is 4.79 Å². The van der Waals surface area contributed by atoms with Crippen molar-refractivity contribution in [1.82, 2.24) is 9.97 Å². The summed E-state index contributed by atoms with van der Waals surface area (Å²) in [7, 11) is 1.53. The molecule has 1 aromatic heterocycles. The van der Waals surface area contributed by atoms with Gasteiger partial charge in [0.15, 0.2) is 0 Å². The van der Waals surface area contributed by atoms with Crippen LogP contribution in [0, 0.1) is 6.92 Å². The normalized spacial score (nSPS) is 12.6. The number of methoxy groups -OCH3 is 1. The van der Waals surface area contributed by atoms with Gasteiger partial charge in [-0.15, -0.1) is 0 Å². The van der Waals surface area contributed by atoms with E-state index in [2.05, 4.69) is 32.3 Å². The van der Waals surface area contributed by atoms with Gasteiger partial charge in [-0.1, -0.05) is 29.8 Å². The Morgan fingerprint density at radius 3 is 2.71 bits per heavy atom. The minimum atomic E-state index is -0.312. The van der Waals surface area contributed by atoms with Crippen LogP contribution in [0.2, 0.25) is 5.02 Å². The fourth-order valence-corrected chi connectivity index (χ4v) is 3.40. The molecule has 0 atom stereocenters. The lowest BCUT2D eigenvalue weighted by atomic mass is 10.2. The molecule has 7 heteroatoms. The van der Waals surface area contributed by atoms with Gasteiger partial charge in [-0.05, 0) is 36.6 Å². The average molecular weight is 395 g/mol. The van der Waals surface area contributed by atoms with Gasteiger partial charge in [0.1, 0.15) is 5.75 Å². The molecule has 3 aromatic rings. The fourth-order valence-electron chi connectivity index (χ4n) is 3.25. The van der Waals surface area contributed by atoms with Crippen molar-refractivity contribution < 1.29 is 9.53 Å². The minimum absolute atomic E-state index is 0.312. The Hall–Kier alpha value is -3.12. The maximum atomic E-state index is 12.6. The van der Waals surface area contributed by atoms with Crippen molar-refractivity contribution in [2.45, 2.75) is 13.3 Å². The molecule has 4 rings (SSSR count). The van der Waals surface area contributed by atoms with Gasteiger partial charge in [0, 0.05) is 35.7 Å². The topological polar surface area (TPSA) is 67.3 Å². The molecule has 142 valence electrons. The third kappa shape index (κ3) is 3.39. The van der Waals surface area contributed by atoms with E-state index in [1.54, 1.807) is 12.1 Å². The molecule has 0 bridgehead atoms. The number of nitrogens with zero attached hydrogens (tertiary/aromatic N) is 3. The number of fused-ring (bicyclic) bond motifs is 1. The van der Waals surface area contributed by atoms with E-state index in [1.165, 1.54) is 25.1 Å². The van der Waals surface area contributed by atoms with Crippen LogP contribution in [0.1, 0.15) is 21.5 Å². The number of anilines is 3. The Bertz CT molecular complexity index is 1040. The first-order valence-corrected chi connectivity index (χ1v) is 9.27. The lowest BCUT2D eigenvalue weighted by molar-refractivity contribution is 0.102. The van der Waals surface area contributed by atoms with Gasteiger partial charge in [0.2, 0.25) is 5.95 Å². The summed E-state index contributed by atoms with van der Waals surface area (Å²) in [6.07, 6.45) is 4.03. The number of rotatable bonds is 4. The molecule has 28 heavy (non-hydrogen) atoms. The van der Waals surface area contributed by atoms with Crippen molar-refractivity contribution in [3.63, 3.8) is 0 Å². The van der Waals surface area contributed by atoms with Crippen LogP contribution in [0.25, 0.3) is 0 Å². The third-order valence-corrected chi connectivity index (χ3v) is 5.17. The summed E-state index contributed by atoms with van der Waals surface area (Å²) in [4.78, 5) is 23.5. The molecule has 1 aliphatic heterocycles. The highest BCUT2D eigenvalue weighted by atomic mass is 35.5. The van der Waals surface area contributed by atoms with Gasteiger partial charge < -0.3 is 15.0 Å². The molecule has 2 aromatic carbocycles. The van der Waals surface area contributed by atoms with Crippen molar-refractivity contribution in [1.29, 1.82) is 0 Å². The molecular formula is C21H19ClN4O2. The molecule has 0 unspecified atom stereocenters. The summed E-state index contributed by atoms with van der Waals surface area (Å²) in [5.41, 5.74) is 4.15. The SMILES string of the molecule is COc1cc(Cl)c(C)cc1NC(=O)c1cnc(N2CCc3ccccc32)nc1. The predicted octanol–water partition coefficient (Wildman–Crippen LogP) is 4.39. The monoisotopic (exact) mass is 394 g/mol. The number of aryl methyl sites for hydroxylation is 1. The number of halogens is 1. The van der Waals surface area contributed by atoms with Gasteiger partial charge in [-0.2, -0.15) is 0 Å². The number of ether oxygens (including phenoxy) is 1. The predicted molar refractivity (Wildman–Crippen MR) is 110 cm³/mol. The molecule has 1 aliphatic rings. The molecular weight excluding hydrogens is 376 g/mol. The molecule has 6 nitrogen and oxygen atoms in total. The van der Waals surface area contributed by atoms with E-state index in [-0.39, 0.29) is 5.91 Å². The van der Waals surface area contributed by atoms with E-state index in [1.807, 2.05) is 19.1 Å². The number of hydrogen-bond donors (Lipinski definition) is 1. The molecule has 0 saturated heterocycles. The molecule has 0 spiro atoms. The highest BCUT2D eigenvalue weighted by Crippen LogP contribution is 2.33. The molecule has 1 N–H and O–H groups in total. The number of nitrogens with one attached hydrogen (secondary N) is 1. The summed E-state index contributed by atoms with van der Waals surface area (Å²) in [6.45, 7) is 2.69. The zero-order valence-electron chi connectivity index (χ0n) is 15.6. The van der Waals surface area contributed by atoms with Crippen molar-refractivity contribution in [3.8, 4) is 5.75 Å². The van der Waals surface area contributed by atoms with Crippen LogP contribution < -0.4 is 15.0 Å². The summed E-state index contributed by atoms with van der Waals surface area (Å²) >= 11 is 6.12. The lowest BCUT2D eigenvalue weighted by Crippen LogP contribution is -2.18. The molecule has 0 saturated carbocycles. The maximum Gasteiger partial charge on any atom is 0.258 e. The van der Waals surface area contributed by atoms with Gasteiger partial charge in [-0.3, -0.25) is 4.79 Å². The van der Waals surface area contributed by atoms with Crippen molar-refractivity contribution >= 4 is 34.8 Å². The zero-order chi connectivity index (χ0) is 19.7. The number of carbonyl (C=O) groups is 1. The van der Waals surface area contributed by atoms with E-state index in [4.69, 9.17) is 16.3 Å². The lowest BCUT2D eigenvalue weighted by Gasteiger charge is -2.17. The molecule has 2 heterocycles. The Morgan fingerprint density at radius 1 is 1.21 bits per heavy atom. The second-order valence-corrected chi connectivity index (χ2v) is 6.97. The average Bonchev–Trinajstić information content (AvgIpc) is 3.15. The maximum absolute atomic E-state index is 12.6. The quantitative estimate of drug-likeness (QED) is 0.710. The number of amides is 1. The molecule has 1 amide bonds. The van der Waals surface area contributed by atoms with E-state index in [0.717, 1.165) is 24.2 Å². The van der Waals surface area contributed by atoms with Gasteiger partial charge in [0.25, 0.3) is 5.91 Å². The number of para-hydroxylation sites is 1. The highest BCUT2D eigenvalue weighted by Gasteiger charge is 2.22. The Balaban J connectivity index is 1.54. The van der Waals surface area contributed by atoms with Gasteiger partial charge in [-0.25, -0.2) is 9.97 Å². The summed E-state index contributed by atoms with van der Waals surface area (Å²) in [6, 6.07) is 11.6. The van der Waals surface area contributed by atoms with Crippen molar-refractivity contribution in [2.75, 3.05) is 23.9 Å². The second kappa shape index (κ2) is 7.48. The standard InChI is InChI=1S/C21H19ClN4O2/c1-13-9-17(19(28-2)10-16(13)22)25-20(27)15-11-23-21(24-12-15)26-8-7-14-5-3-4-6-18(14)26/h3-6,9-12H,7-8H2,1-2H3,(H,25,27). The molecule has 0 radical (unpaired) electrons. The van der Waals surface area contributed by atoms with Crippen LogP contribution in [0.15, 0.2) is 48.8 Å². The Labute approximate surface area is 168 Å². The number of hydrogen-bond acceptors (Lipinski definition) is 5. The van der Waals surface area contributed by atoms with Gasteiger partial charge in [0.05, 0.1) is 18.4 Å². The first kappa shape index (κ1) is 18.3. The van der Waals surface area contributed by atoms with Crippen LogP contribution >= 0.6 is 11.6 Å². The van der Waals surface area contributed by atoms with Crippen LogP contribution in [0.3, 0.4) is 0 Å². The number of benzene rings is 2. The first-order chi connectivity index (χ1) is 13.6. The zero-order valence-corrected chi connectivity index (χ0v) is 16.3. The second-order valence-electron chi connectivity index (χ2n) is 6.56. The Kier molecular flexibility index (Phi) is 4.88. The third-order valence-electron chi connectivity index (χ3n) is 4.76. The summed E-state index contributed by atoms with van der Waals surface area (Å²) in [5.74, 6) is 0.768. The highest BCUT2D eigenvalue weighted by molar-refractivity contribution is 6.31. The van der Waals surface area contributed by atoms with Gasteiger partial charge >= 0.3 is 0 Å². The summed E-state index contributed by atoms with van der Waals surface area (Å²) < 4.78 is 5.30. The van der Waals surface area contributed by atoms with E-state index >= 15 is 0 Å². The van der Waals surface area contributed by atoms with Crippen LogP contribution in [-0.4, -0.2) is 29.5 Å². The van der Waals surface area contributed by atoms with Crippen molar-refractivity contribution in [3.05, 3.63) is 70.5 Å². The van der Waals surface area contributed by atoms with E-state index < -0.39 is 0 Å². The first-order valence-electron chi connectivity index (χ1n) is 8.90. The fraction of sp³-hybridized carbons (Fsp3) is 0.190. The smallest absolute Gasteiger partial charge is 0.258 e. The van der Waals surface area contributed by atoms with Crippen LogP contribution in [-0.2, 0) is 6.42 Å². The molecule has 0 aliphatic carbocycles.